The number of aliphatic hydroxyl groups excluding tert-OH is 1. The summed E-state index contributed by atoms with van der Waals surface area (Å²) >= 11 is 0. The van der Waals surface area contributed by atoms with E-state index in [9.17, 15) is 9.90 Å². The second-order valence-corrected chi connectivity index (χ2v) is 5.72. The lowest BCUT2D eigenvalue weighted by Crippen LogP contribution is -2.42. The Balaban J connectivity index is 2.82. The van der Waals surface area contributed by atoms with Gasteiger partial charge in [0.1, 0.15) is 5.75 Å². The number of benzene rings is 1. The Bertz CT molecular complexity index is 438. The van der Waals surface area contributed by atoms with Crippen LogP contribution in [-0.4, -0.2) is 42.7 Å². The smallest absolute Gasteiger partial charge is 0.232 e. The minimum Gasteiger partial charge on any atom is -0.497 e. The van der Waals surface area contributed by atoms with E-state index in [0.717, 1.165) is 11.3 Å². The van der Waals surface area contributed by atoms with E-state index < -0.39 is 11.5 Å². The fourth-order valence-corrected chi connectivity index (χ4v) is 2.09. The van der Waals surface area contributed by atoms with Crippen LogP contribution in [0.15, 0.2) is 24.3 Å². The summed E-state index contributed by atoms with van der Waals surface area (Å²) in [5, 5.41) is 9.31. The van der Waals surface area contributed by atoms with Gasteiger partial charge in [-0.25, -0.2) is 0 Å². The van der Waals surface area contributed by atoms with Crippen molar-refractivity contribution < 1.29 is 14.6 Å². The molecule has 112 valence electrons. The zero-order chi connectivity index (χ0) is 15.3. The first-order valence-electron chi connectivity index (χ1n) is 6.87. The van der Waals surface area contributed by atoms with Gasteiger partial charge in [0.25, 0.3) is 0 Å². The Morgan fingerprint density at radius 2 is 1.90 bits per heavy atom. The highest BCUT2D eigenvalue weighted by molar-refractivity contribution is 5.87. The number of hydrogen-bond donors (Lipinski definition) is 1. The molecule has 0 aliphatic heterocycles. The molecule has 0 saturated carbocycles. The molecule has 1 unspecified atom stereocenters. The van der Waals surface area contributed by atoms with E-state index in [2.05, 4.69) is 0 Å². The molecule has 1 amide bonds. The van der Waals surface area contributed by atoms with E-state index in [1.165, 1.54) is 0 Å². The quantitative estimate of drug-likeness (QED) is 0.868. The van der Waals surface area contributed by atoms with Crippen molar-refractivity contribution in [1.82, 2.24) is 4.90 Å². The van der Waals surface area contributed by atoms with Gasteiger partial charge in [0.05, 0.1) is 18.6 Å². The zero-order valence-corrected chi connectivity index (χ0v) is 13.0. The van der Waals surface area contributed by atoms with Gasteiger partial charge >= 0.3 is 0 Å². The number of hydrogen-bond acceptors (Lipinski definition) is 3. The Hall–Kier alpha value is -1.55. The fourth-order valence-electron chi connectivity index (χ4n) is 2.09. The summed E-state index contributed by atoms with van der Waals surface area (Å²) in [6.07, 6.45) is 0.190. The summed E-state index contributed by atoms with van der Waals surface area (Å²) in [4.78, 5) is 14.2. The van der Waals surface area contributed by atoms with Crippen LogP contribution < -0.4 is 4.74 Å². The molecular weight excluding hydrogens is 254 g/mol. The third-order valence-corrected chi connectivity index (χ3v) is 3.58. The molecule has 20 heavy (non-hydrogen) atoms. The molecular formula is C16H25NO3. The molecule has 0 aromatic heterocycles. The monoisotopic (exact) mass is 279 g/mol. The Morgan fingerprint density at radius 3 is 2.35 bits per heavy atom. The summed E-state index contributed by atoms with van der Waals surface area (Å²) in [5.74, 6) is 0.822. The Labute approximate surface area is 121 Å². The molecule has 0 radical (unpaired) electrons. The number of likely N-dealkylation sites (N-methyl/N-ethyl adjacent to an activating group) is 1. The number of aliphatic hydroxyl groups is 1. The summed E-state index contributed by atoms with van der Waals surface area (Å²) in [7, 11) is 3.39. The summed E-state index contributed by atoms with van der Waals surface area (Å²) < 4.78 is 5.13. The first-order valence-corrected chi connectivity index (χ1v) is 6.87. The van der Waals surface area contributed by atoms with Crippen LogP contribution in [0.4, 0.5) is 0 Å². The van der Waals surface area contributed by atoms with E-state index in [1.807, 2.05) is 38.1 Å². The van der Waals surface area contributed by atoms with Gasteiger partial charge in [0, 0.05) is 13.6 Å². The lowest BCUT2D eigenvalue weighted by Gasteiger charge is -2.30. The Morgan fingerprint density at radius 1 is 1.35 bits per heavy atom. The lowest BCUT2D eigenvalue weighted by atomic mass is 9.83. The van der Waals surface area contributed by atoms with Crippen LogP contribution in [0.25, 0.3) is 0 Å². The number of amides is 1. The molecule has 1 aromatic rings. The fraction of sp³-hybridized carbons (Fsp3) is 0.562. The molecule has 0 spiro atoms. The van der Waals surface area contributed by atoms with E-state index in [1.54, 1.807) is 26.0 Å². The van der Waals surface area contributed by atoms with Crippen LogP contribution in [0, 0.1) is 0 Å². The lowest BCUT2D eigenvalue weighted by molar-refractivity contribution is -0.135. The molecule has 1 atom stereocenters. The van der Waals surface area contributed by atoms with Crippen molar-refractivity contribution >= 4 is 5.91 Å². The maximum absolute atomic E-state index is 12.5. The van der Waals surface area contributed by atoms with Gasteiger partial charge in [-0.1, -0.05) is 12.1 Å². The van der Waals surface area contributed by atoms with Crippen molar-refractivity contribution in [3.63, 3.8) is 0 Å². The summed E-state index contributed by atoms with van der Waals surface area (Å²) in [6, 6.07) is 7.55. The number of rotatable bonds is 6. The summed E-state index contributed by atoms with van der Waals surface area (Å²) in [6.45, 7) is 6.11. The van der Waals surface area contributed by atoms with Gasteiger partial charge in [-0.2, -0.15) is 0 Å². The van der Waals surface area contributed by atoms with Crippen molar-refractivity contribution in [3.8, 4) is 5.75 Å². The molecule has 0 heterocycles. The van der Waals surface area contributed by atoms with Crippen LogP contribution in [0.3, 0.4) is 0 Å². The topological polar surface area (TPSA) is 49.8 Å². The van der Waals surface area contributed by atoms with E-state index in [0.29, 0.717) is 13.0 Å². The van der Waals surface area contributed by atoms with Crippen molar-refractivity contribution in [2.45, 2.75) is 38.7 Å². The number of methoxy groups -OCH3 is 1. The molecule has 0 bridgehead atoms. The average molecular weight is 279 g/mol. The van der Waals surface area contributed by atoms with Crippen LogP contribution in [0.1, 0.15) is 32.8 Å². The normalized spacial score (nSPS) is 12.9. The average Bonchev–Trinajstić information content (AvgIpc) is 2.43. The van der Waals surface area contributed by atoms with Gasteiger partial charge in [-0.3, -0.25) is 4.79 Å². The molecule has 0 aliphatic carbocycles. The van der Waals surface area contributed by atoms with E-state index in [-0.39, 0.29) is 5.91 Å². The van der Waals surface area contributed by atoms with Crippen LogP contribution in [0.5, 0.6) is 5.75 Å². The molecule has 4 heteroatoms. The predicted octanol–water partition coefficient (Wildman–Crippen LogP) is 2.20. The second-order valence-electron chi connectivity index (χ2n) is 5.72. The predicted molar refractivity (Wildman–Crippen MR) is 80.0 cm³/mol. The largest absolute Gasteiger partial charge is 0.497 e. The van der Waals surface area contributed by atoms with Crippen LogP contribution in [0.2, 0.25) is 0 Å². The first-order chi connectivity index (χ1) is 9.28. The van der Waals surface area contributed by atoms with Gasteiger partial charge in [-0.05, 0) is 44.9 Å². The number of carbonyl (C=O) groups excluding carboxylic acids is 1. The maximum Gasteiger partial charge on any atom is 0.232 e. The molecule has 0 fully saturated rings. The van der Waals surface area contributed by atoms with Gasteiger partial charge < -0.3 is 14.7 Å². The maximum atomic E-state index is 12.5. The Kier molecular flexibility index (Phi) is 5.57. The van der Waals surface area contributed by atoms with E-state index >= 15 is 0 Å². The van der Waals surface area contributed by atoms with Crippen molar-refractivity contribution in [2.24, 2.45) is 0 Å². The van der Waals surface area contributed by atoms with Crippen LogP contribution >= 0.6 is 0 Å². The molecule has 1 aromatic carbocycles. The van der Waals surface area contributed by atoms with Gasteiger partial charge in [0.15, 0.2) is 0 Å². The first kappa shape index (κ1) is 16.5. The van der Waals surface area contributed by atoms with Crippen LogP contribution in [-0.2, 0) is 10.2 Å². The number of ether oxygens (including phenoxy) is 1. The minimum absolute atomic E-state index is 0.0447. The summed E-state index contributed by atoms with van der Waals surface area (Å²) in [5.41, 5.74) is 0.354. The van der Waals surface area contributed by atoms with Crippen molar-refractivity contribution in [3.05, 3.63) is 29.8 Å². The van der Waals surface area contributed by atoms with Crippen molar-refractivity contribution in [2.75, 3.05) is 20.7 Å². The van der Waals surface area contributed by atoms with Gasteiger partial charge in [-0.15, -0.1) is 0 Å². The van der Waals surface area contributed by atoms with E-state index in [4.69, 9.17) is 4.74 Å². The molecule has 1 rings (SSSR count). The highest BCUT2D eigenvalue weighted by Crippen LogP contribution is 2.27. The zero-order valence-electron chi connectivity index (χ0n) is 13.0. The molecule has 0 saturated heterocycles. The number of carbonyl (C=O) groups is 1. The SMILES string of the molecule is COc1ccc(C(C)(C)C(=O)N(C)CCC(C)O)cc1. The third-order valence-electron chi connectivity index (χ3n) is 3.58. The molecule has 4 nitrogen and oxygen atoms in total. The molecule has 0 aliphatic rings. The highest BCUT2D eigenvalue weighted by Gasteiger charge is 2.32. The van der Waals surface area contributed by atoms with Crippen molar-refractivity contribution in [1.29, 1.82) is 0 Å². The highest BCUT2D eigenvalue weighted by atomic mass is 16.5. The van der Waals surface area contributed by atoms with Gasteiger partial charge in [0.2, 0.25) is 5.91 Å². The number of nitrogens with zero attached hydrogens (tertiary/aromatic N) is 1. The standard InChI is InChI=1S/C16H25NO3/c1-12(18)10-11-17(4)15(19)16(2,3)13-6-8-14(20-5)9-7-13/h6-9,12,18H,10-11H2,1-5H3. The second kappa shape index (κ2) is 6.75. The minimum atomic E-state index is -0.598. The third kappa shape index (κ3) is 3.97. The molecule has 1 N–H and O–H groups in total.